The number of phenolic OH excluding ortho intramolecular Hbond substituents is 1. The van der Waals surface area contributed by atoms with E-state index in [0.717, 1.165) is 0 Å². The highest BCUT2D eigenvalue weighted by molar-refractivity contribution is 7.80. The SMILES string of the molecule is NC(N)=NCCCC(NC(=O)C(CS)NC(=O)C(CS)NC(=O)C(N)Cc1ccc(O)cc1)C(=O)O. The number of hydrogen-bond donors (Lipinski definition) is 10. The number of aliphatic carboxylic acids is 1. The molecule has 4 atom stereocenters. The van der Waals surface area contributed by atoms with Gasteiger partial charge in [-0.25, -0.2) is 4.79 Å². The number of nitrogens with zero attached hydrogens (tertiary/aromatic N) is 1. The zero-order valence-electron chi connectivity index (χ0n) is 19.5. The molecule has 1 aromatic rings. The van der Waals surface area contributed by atoms with Gasteiger partial charge in [0.25, 0.3) is 0 Å². The van der Waals surface area contributed by atoms with Gasteiger partial charge in [0.05, 0.1) is 6.04 Å². The van der Waals surface area contributed by atoms with E-state index in [4.69, 9.17) is 17.2 Å². The Kier molecular flexibility index (Phi) is 13.5. The van der Waals surface area contributed by atoms with E-state index in [1.165, 1.54) is 12.1 Å². The molecule has 0 radical (unpaired) electrons. The van der Waals surface area contributed by atoms with Crippen molar-refractivity contribution >= 4 is 54.9 Å². The van der Waals surface area contributed by atoms with Crippen LogP contribution >= 0.6 is 25.3 Å². The first-order valence-electron chi connectivity index (χ1n) is 10.9. The molecule has 3 amide bonds. The lowest BCUT2D eigenvalue weighted by Crippen LogP contribution is -2.58. The Morgan fingerprint density at radius 2 is 1.39 bits per heavy atom. The molecule has 0 aliphatic heterocycles. The monoisotopic (exact) mass is 543 g/mol. The van der Waals surface area contributed by atoms with E-state index in [-0.39, 0.29) is 42.6 Å². The molecule has 0 aliphatic carbocycles. The van der Waals surface area contributed by atoms with Crippen molar-refractivity contribution in [3.05, 3.63) is 29.8 Å². The lowest BCUT2D eigenvalue weighted by Gasteiger charge is -2.23. The van der Waals surface area contributed by atoms with Crippen molar-refractivity contribution in [2.24, 2.45) is 22.2 Å². The van der Waals surface area contributed by atoms with Gasteiger partial charge in [-0.2, -0.15) is 25.3 Å². The molecule has 13 nitrogen and oxygen atoms in total. The molecule has 200 valence electrons. The van der Waals surface area contributed by atoms with Gasteiger partial charge >= 0.3 is 5.97 Å². The van der Waals surface area contributed by atoms with Crippen molar-refractivity contribution in [1.82, 2.24) is 16.0 Å². The zero-order chi connectivity index (χ0) is 27.3. The van der Waals surface area contributed by atoms with Crippen LogP contribution < -0.4 is 33.2 Å². The third-order valence-electron chi connectivity index (χ3n) is 4.92. The van der Waals surface area contributed by atoms with Crippen molar-refractivity contribution in [3.63, 3.8) is 0 Å². The van der Waals surface area contributed by atoms with Gasteiger partial charge in [0.1, 0.15) is 23.9 Å². The molecule has 15 heteroatoms. The van der Waals surface area contributed by atoms with E-state index in [1.807, 2.05) is 0 Å². The predicted molar refractivity (Wildman–Crippen MR) is 141 cm³/mol. The summed E-state index contributed by atoms with van der Waals surface area (Å²) in [7, 11) is 0. The molecule has 0 saturated carbocycles. The van der Waals surface area contributed by atoms with Gasteiger partial charge in [0.15, 0.2) is 5.96 Å². The number of carbonyl (C=O) groups is 4. The number of rotatable bonds is 15. The Labute approximate surface area is 219 Å². The number of thiol groups is 2. The lowest BCUT2D eigenvalue weighted by molar-refractivity contribution is -0.142. The first-order chi connectivity index (χ1) is 17.0. The number of amides is 3. The third-order valence-corrected chi connectivity index (χ3v) is 5.65. The molecule has 36 heavy (non-hydrogen) atoms. The van der Waals surface area contributed by atoms with Gasteiger partial charge in [0, 0.05) is 18.1 Å². The summed E-state index contributed by atoms with van der Waals surface area (Å²) in [4.78, 5) is 53.0. The first-order valence-corrected chi connectivity index (χ1v) is 12.2. The molecule has 0 bridgehead atoms. The summed E-state index contributed by atoms with van der Waals surface area (Å²) in [5, 5.41) is 26.0. The van der Waals surface area contributed by atoms with E-state index in [9.17, 15) is 29.4 Å². The summed E-state index contributed by atoms with van der Waals surface area (Å²) < 4.78 is 0. The molecule has 0 spiro atoms. The minimum absolute atomic E-state index is 0.0549. The number of aliphatic imine (C=N–C) groups is 1. The van der Waals surface area contributed by atoms with Crippen LogP contribution in [0.15, 0.2) is 29.3 Å². The zero-order valence-corrected chi connectivity index (χ0v) is 21.3. The largest absolute Gasteiger partial charge is 0.508 e. The highest BCUT2D eigenvalue weighted by Gasteiger charge is 2.29. The highest BCUT2D eigenvalue weighted by atomic mass is 32.1. The fourth-order valence-corrected chi connectivity index (χ4v) is 3.47. The van der Waals surface area contributed by atoms with Gasteiger partial charge < -0.3 is 43.4 Å². The van der Waals surface area contributed by atoms with Crippen LogP contribution in [0.3, 0.4) is 0 Å². The molecule has 0 heterocycles. The smallest absolute Gasteiger partial charge is 0.326 e. The molecule has 0 aliphatic rings. The summed E-state index contributed by atoms with van der Waals surface area (Å²) in [6.07, 6.45) is 0.513. The maximum absolute atomic E-state index is 12.7. The average molecular weight is 544 g/mol. The highest BCUT2D eigenvalue weighted by Crippen LogP contribution is 2.11. The van der Waals surface area contributed by atoms with E-state index >= 15 is 0 Å². The van der Waals surface area contributed by atoms with Crippen molar-refractivity contribution in [1.29, 1.82) is 0 Å². The van der Waals surface area contributed by atoms with E-state index in [1.54, 1.807) is 12.1 Å². The molecule has 0 saturated heterocycles. The molecular weight excluding hydrogens is 510 g/mol. The number of guanidine groups is 1. The number of carboxylic acid groups (broad SMARTS) is 1. The number of benzene rings is 1. The van der Waals surface area contributed by atoms with Crippen LogP contribution in [-0.4, -0.2) is 82.1 Å². The van der Waals surface area contributed by atoms with Gasteiger partial charge in [0.2, 0.25) is 17.7 Å². The molecular formula is C21H33N7O6S2. The summed E-state index contributed by atoms with van der Waals surface area (Å²) in [5.41, 5.74) is 17.1. The average Bonchev–Trinajstić information content (AvgIpc) is 2.83. The third kappa shape index (κ3) is 11.0. The summed E-state index contributed by atoms with van der Waals surface area (Å²) in [6, 6.07) is 1.66. The number of hydrogen-bond acceptors (Lipinski definition) is 9. The molecule has 11 N–H and O–H groups in total. The lowest BCUT2D eigenvalue weighted by atomic mass is 10.1. The number of phenols is 1. The van der Waals surface area contributed by atoms with Gasteiger partial charge in [-0.05, 0) is 37.0 Å². The van der Waals surface area contributed by atoms with E-state index in [0.29, 0.717) is 12.0 Å². The Hall–Kier alpha value is -3.17. The standard InChI is InChI=1S/C21H33N7O6S2/c22-13(8-11-3-5-12(29)6-4-11)17(30)27-15(9-35)19(32)28-16(10-36)18(31)26-14(20(33)34)2-1-7-25-21(23)24/h3-6,13-16,29,35-36H,1-2,7-10,22H2,(H,26,31)(H,27,30)(H,28,32)(H,33,34)(H4,23,24,25). The van der Waals surface area contributed by atoms with Crippen molar-refractivity contribution in [2.45, 2.75) is 43.4 Å². The Bertz CT molecular complexity index is 928. The fraction of sp³-hybridized carbons (Fsp3) is 0.476. The second kappa shape index (κ2) is 15.7. The van der Waals surface area contributed by atoms with Gasteiger partial charge in [-0.15, -0.1) is 0 Å². The molecule has 1 rings (SSSR count). The number of nitrogens with two attached hydrogens (primary N) is 3. The topological polar surface area (TPSA) is 235 Å². The predicted octanol–water partition coefficient (Wildman–Crippen LogP) is -2.29. The van der Waals surface area contributed by atoms with Gasteiger partial charge in [-0.1, -0.05) is 12.1 Å². The summed E-state index contributed by atoms with van der Waals surface area (Å²) in [6.45, 7) is 0.187. The Morgan fingerprint density at radius 1 is 0.889 bits per heavy atom. The summed E-state index contributed by atoms with van der Waals surface area (Å²) >= 11 is 8.15. The number of carbonyl (C=O) groups excluding carboxylic acids is 3. The van der Waals surface area contributed by atoms with Crippen LogP contribution in [0.5, 0.6) is 5.75 Å². The van der Waals surface area contributed by atoms with Crippen LogP contribution in [0.25, 0.3) is 0 Å². The van der Waals surface area contributed by atoms with E-state index in [2.05, 4.69) is 46.2 Å². The molecule has 0 aromatic heterocycles. The fourth-order valence-electron chi connectivity index (χ4n) is 2.95. The Balaban J connectivity index is 2.69. The molecule has 4 unspecified atom stereocenters. The van der Waals surface area contributed by atoms with Crippen LogP contribution in [-0.2, 0) is 25.6 Å². The molecule has 1 aromatic carbocycles. The van der Waals surface area contributed by atoms with E-state index < -0.39 is 47.9 Å². The maximum atomic E-state index is 12.7. The Morgan fingerprint density at radius 3 is 1.86 bits per heavy atom. The second-order valence-corrected chi connectivity index (χ2v) is 8.54. The van der Waals surface area contributed by atoms with Crippen molar-refractivity contribution in [2.75, 3.05) is 18.1 Å². The van der Waals surface area contributed by atoms with Crippen LogP contribution in [0, 0.1) is 0 Å². The number of aromatic hydroxyl groups is 1. The maximum Gasteiger partial charge on any atom is 0.326 e. The van der Waals surface area contributed by atoms with Crippen LogP contribution in [0.2, 0.25) is 0 Å². The number of nitrogens with one attached hydrogen (secondary N) is 3. The quantitative estimate of drug-likeness (QED) is 0.0495. The molecule has 0 fully saturated rings. The van der Waals surface area contributed by atoms with Crippen LogP contribution in [0.1, 0.15) is 18.4 Å². The van der Waals surface area contributed by atoms with Crippen molar-refractivity contribution < 1.29 is 29.4 Å². The van der Waals surface area contributed by atoms with Gasteiger partial charge in [-0.3, -0.25) is 19.4 Å². The first kappa shape index (κ1) is 30.9. The minimum Gasteiger partial charge on any atom is -0.508 e. The normalized spacial score (nSPS) is 14.0. The minimum atomic E-state index is -1.26. The summed E-state index contributed by atoms with van der Waals surface area (Å²) in [5.74, 6) is -3.64. The van der Waals surface area contributed by atoms with Crippen LogP contribution in [0.4, 0.5) is 0 Å². The van der Waals surface area contributed by atoms with Crippen molar-refractivity contribution in [3.8, 4) is 5.75 Å². The number of carboxylic acids is 1. The second-order valence-electron chi connectivity index (χ2n) is 7.81.